The first-order chi connectivity index (χ1) is 14.7. The fourth-order valence-corrected chi connectivity index (χ4v) is 3.76. The van der Waals surface area contributed by atoms with Crippen molar-refractivity contribution in [2.75, 3.05) is 13.2 Å². The molecule has 6 nitrogen and oxygen atoms in total. The highest BCUT2D eigenvalue weighted by Crippen LogP contribution is 2.36. The van der Waals surface area contributed by atoms with Crippen LogP contribution in [-0.4, -0.2) is 40.4 Å². The van der Waals surface area contributed by atoms with Gasteiger partial charge in [0, 0.05) is 48.4 Å². The molecule has 1 atom stereocenters. The summed E-state index contributed by atoms with van der Waals surface area (Å²) in [7, 11) is 0. The van der Waals surface area contributed by atoms with Crippen LogP contribution in [0.2, 0.25) is 0 Å². The van der Waals surface area contributed by atoms with Crippen molar-refractivity contribution in [2.45, 2.75) is 25.9 Å². The fourth-order valence-electron chi connectivity index (χ4n) is 3.76. The third-order valence-electron chi connectivity index (χ3n) is 5.15. The maximum Gasteiger partial charge on any atom is 0.333 e. The highest BCUT2D eigenvalue weighted by molar-refractivity contribution is 6.02. The van der Waals surface area contributed by atoms with Crippen LogP contribution in [0.3, 0.4) is 0 Å². The van der Waals surface area contributed by atoms with E-state index in [2.05, 4.69) is 22.1 Å². The third-order valence-corrected chi connectivity index (χ3v) is 5.15. The van der Waals surface area contributed by atoms with Gasteiger partial charge >= 0.3 is 5.97 Å². The zero-order valence-electron chi connectivity index (χ0n) is 16.8. The molecule has 1 aliphatic heterocycles. The molecule has 0 saturated heterocycles. The molecule has 0 fully saturated rings. The second kappa shape index (κ2) is 8.97. The Hall–Kier alpha value is -3.38. The van der Waals surface area contributed by atoms with Crippen LogP contribution in [0.5, 0.6) is 5.75 Å². The number of nitrogens with one attached hydrogen (secondary N) is 1. The lowest BCUT2D eigenvalue weighted by molar-refractivity contribution is -0.149. The number of fused-ring (bicyclic) bond motifs is 3. The quantitative estimate of drug-likeness (QED) is 0.434. The molecule has 0 saturated carbocycles. The van der Waals surface area contributed by atoms with E-state index < -0.39 is 12.1 Å². The predicted molar refractivity (Wildman–Crippen MR) is 115 cm³/mol. The van der Waals surface area contributed by atoms with Gasteiger partial charge in [-0.05, 0) is 36.8 Å². The van der Waals surface area contributed by atoms with Crippen LogP contribution in [0.1, 0.15) is 18.1 Å². The Morgan fingerprint density at radius 1 is 1.17 bits per heavy atom. The first kappa shape index (κ1) is 19.9. The average Bonchev–Trinajstić information content (AvgIpc) is 3.09. The van der Waals surface area contributed by atoms with E-state index in [0.717, 1.165) is 39.9 Å². The van der Waals surface area contributed by atoms with Crippen molar-refractivity contribution in [3.05, 3.63) is 72.1 Å². The minimum atomic E-state index is -0.947. The lowest BCUT2D eigenvalue weighted by Gasteiger charge is -2.13. The van der Waals surface area contributed by atoms with Crippen molar-refractivity contribution in [1.29, 1.82) is 0 Å². The molecule has 0 bridgehead atoms. The van der Waals surface area contributed by atoms with Gasteiger partial charge in [-0.3, -0.25) is 4.98 Å². The van der Waals surface area contributed by atoms with E-state index in [1.54, 1.807) is 6.92 Å². The Bertz CT molecular complexity index is 1100. The summed E-state index contributed by atoms with van der Waals surface area (Å²) in [6, 6.07) is 15.6. The molecule has 0 spiro atoms. The number of benzene rings is 1. The lowest BCUT2D eigenvalue weighted by Crippen LogP contribution is -2.26. The van der Waals surface area contributed by atoms with Gasteiger partial charge in [-0.2, -0.15) is 0 Å². The zero-order chi connectivity index (χ0) is 20.9. The molecule has 2 heterocycles. The van der Waals surface area contributed by atoms with Crippen molar-refractivity contribution < 1.29 is 19.4 Å². The molecule has 0 amide bonds. The second-order valence-electron chi connectivity index (χ2n) is 7.07. The number of carboxylic acid groups (broad SMARTS) is 1. The SMILES string of the molecule is CCOC(Cc1ccc(OCCc2c3[nH]cccc-3c3cccnc23)cc1)C(=O)O. The van der Waals surface area contributed by atoms with Crippen LogP contribution in [0.15, 0.2) is 60.9 Å². The van der Waals surface area contributed by atoms with E-state index in [1.165, 1.54) is 5.56 Å². The van der Waals surface area contributed by atoms with Gasteiger partial charge in [-0.25, -0.2) is 4.79 Å². The van der Waals surface area contributed by atoms with Crippen LogP contribution in [-0.2, 0) is 22.4 Å². The summed E-state index contributed by atoms with van der Waals surface area (Å²) in [6.45, 7) is 2.68. The highest BCUT2D eigenvalue weighted by atomic mass is 16.5. The van der Waals surface area contributed by atoms with E-state index in [9.17, 15) is 9.90 Å². The molecular formula is C24H24N2O4. The van der Waals surface area contributed by atoms with Gasteiger partial charge in [0.1, 0.15) is 5.75 Å². The first-order valence-corrected chi connectivity index (χ1v) is 10.1. The van der Waals surface area contributed by atoms with Crippen molar-refractivity contribution in [3.63, 3.8) is 0 Å². The largest absolute Gasteiger partial charge is 0.493 e. The molecule has 6 heteroatoms. The Labute approximate surface area is 174 Å². The second-order valence-corrected chi connectivity index (χ2v) is 7.07. The third kappa shape index (κ3) is 4.14. The summed E-state index contributed by atoms with van der Waals surface area (Å²) in [5, 5.41) is 10.4. The summed E-state index contributed by atoms with van der Waals surface area (Å²) in [6.07, 6.45) is 3.97. The molecule has 4 rings (SSSR count). The standard InChI is InChI=1S/C24H24N2O4/c1-2-29-21(24(27)28)15-16-7-9-17(10-8-16)30-14-11-20-22-18(5-3-12-25-22)19-6-4-13-26-23(19)20/h3-10,12-13,21,25H,2,11,14-15H2,1H3,(H,27,28). The minimum Gasteiger partial charge on any atom is -0.493 e. The topological polar surface area (TPSA) is 84.4 Å². The average molecular weight is 404 g/mol. The van der Waals surface area contributed by atoms with Crippen molar-refractivity contribution in [2.24, 2.45) is 0 Å². The molecule has 2 N–H and O–H groups in total. The molecule has 0 radical (unpaired) electrons. The summed E-state index contributed by atoms with van der Waals surface area (Å²) in [5.74, 6) is -0.198. The van der Waals surface area contributed by atoms with Gasteiger partial charge in [0.15, 0.2) is 6.10 Å². The minimum absolute atomic E-state index is 0.330. The van der Waals surface area contributed by atoms with E-state index in [4.69, 9.17) is 9.47 Å². The summed E-state index contributed by atoms with van der Waals surface area (Å²) >= 11 is 0. The molecule has 2 aromatic rings. The molecule has 30 heavy (non-hydrogen) atoms. The smallest absolute Gasteiger partial charge is 0.333 e. The number of nitrogens with zero attached hydrogens (tertiary/aromatic N) is 1. The molecule has 1 aromatic heterocycles. The highest BCUT2D eigenvalue weighted by Gasteiger charge is 2.19. The maximum atomic E-state index is 11.2. The van der Waals surface area contributed by atoms with Crippen molar-refractivity contribution in [1.82, 2.24) is 9.97 Å². The van der Waals surface area contributed by atoms with Gasteiger partial charge in [0.2, 0.25) is 0 Å². The molecule has 1 aliphatic carbocycles. The maximum absolute atomic E-state index is 11.2. The first-order valence-electron chi connectivity index (χ1n) is 10.1. The summed E-state index contributed by atoms with van der Waals surface area (Å²) < 4.78 is 11.2. The number of pyridine rings is 2. The lowest BCUT2D eigenvalue weighted by atomic mass is 10.1. The number of carboxylic acids is 1. The number of rotatable bonds is 9. The van der Waals surface area contributed by atoms with Crippen LogP contribution < -0.4 is 4.74 Å². The van der Waals surface area contributed by atoms with Crippen LogP contribution in [0.25, 0.3) is 22.2 Å². The normalized spacial score (nSPS) is 12.3. The van der Waals surface area contributed by atoms with Crippen molar-refractivity contribution in [3.8, 4) is 17.0 Å². The number of hydrogen-bond donors (Lipinski definition) is 2. The molecule has 154 valence electrons. The Morgan fingerprint density at radius 3 is 2.77 bits per heavy atom. The van der Waals surface area contributed by atoms with Crippen LogP contribution in [0.4, 0.5) is 0 Å². The molecule has 1 aromatic carbocycles. The van der Waals surface area contributed by atoms with E-state index >= 15 is 0 Å². The van der Waals surface area contributed by atoms with Gasteiger partial charge < -0.3 is 19.6 Å². The zero-order valence-corrected chi connectivity index (χ0v) is 16.8. The van der Waals surface area contributed by atoms with Gasteiger partial charge in [0.05, 0.1) is 17.8 Å². The van der Waals surface area contributed by atoms with E-state index in [1.807, 2.05) is 48.8 Å². The Morgan fingerprint density at radius 2 is 2.00 bits per heavy atom. The molecule has 2 aliphatic rings. The van der Waals surface area contributed by atoms with Gasteiger partial charge in [-0.1, -0.05) is 24.3 Å². The van der Waals surface area contributed by atoms with Gasteiger partial charge in [0.25, 0.3) is 0 Å². The summed E-state index contributed by atoms with van der Waals surface area (Å²) in [5.41, 5.74) is 5.32. The molecule has 1 unspecified atom stereocenters. The monoisotopic (exact) mass is 404 g/mol. The van der Waals surface area contributed by atoms with Crippen molar-refractivity contribution >= 4 is 16.9 Å². The summed E-state index contributed by atoms with van der Waals surface area (Å²) in [4.78, 5) is 19.2. The number of hydrogen-bond acceptors (Lipinski definition) is 4. The molecular weight excluding hydrogens is 380 g/mol. The van der Waals surface area contributed by atoms with Gasteiger partial charge in [-0.15, -0.1) is 0 Å². The number of carbonyl (C=O) groups is 1. The van der Waals surface area contributed by atoms with Crippen LogP contribution >= 0.6 is 0 Å². The fraction of sp³-hybridized carbons (Fsp3) is 0.250. The van der Waals surface area contributed by atoms with E-state index in [-0.39, 0.29) is 0 Å². The number of ether oxygens (including phenoxy) is 2. The number of H-pyrrole nitrogens is 1. The predicted octanol–water partition coefficient (Wildman–Crippen LogP) is 4.32. The van der Waals surface area contributed by atoms with Crippen LogP contribution in [0, 0.1) is 0 Å². The number of aromatic amines is 1. The number of aliphatic carboxylic acids is 1. The Kier molecular flexibility index (Phi) is 5.95. The van der Waals surface area contributed by atoms with E-state index in [0.29, 0.717) is 19.6 Å². The Balaban J connectivity index is 1.42. The number of aromatic nitrogens is 2.